The molecule has 5 nitrogen and oxygen atoms in total. The zero-order valence-corrected chi connectivity index (χ0v) is 16.5. The van der Waals surface area contributed by atoms with Gasteiger partial charge in [0.25, 0.3) is 0 Å². The predicted octanol–water partition coefficient (Wildman–Crippen LogP) is 4.00. The van der Waals surface area contributed by atoms with Gasteiger partial charge in [0, 0.05) is 12.2 Å². The van der Waals surface area contributed by atoms with Crippen molar-refractivity contribution < 1.29 is 14.3 Å². The van der Waals surface area contributed by atoms with E-state index in [0.717, 1.165) is 17.7 Å². The molecule has 28 heavy (non-hydrogen) atoms. The third kappa shape index (κ3) is 5.84. The highest BCUT2D eigenvalue weighted by molar-refractivity contribution is 5.99. The minimum Gasteiger partial charge on any atom is -0.489 e. The van der Waals surface area contributed by atoms with E-state index in [-0.39, 0.29) is 23.7 Å². The van der Waals surface area contributed by atoms with Gasteiger partial charge in [-0.25, -0.2) is 0 Å². The molecule has 0 aromatic heterocycles. The van der Waals surface area contributed by atoms with E-state index in [0.29, 0.717) is 31.2 Å². The van der Waals surface area contributed by atoms with Crippen LogP contribution in [0.4, 0.5) is 5.69 Å². The average molecular weight is 380 g/mol. The van der Waals surface area contributed by atoms with Crippen LogP contribution in [0.15, 0.2) is 54.6 Å². The molecule has 0 heterocycles. The molecule has 1 aliphatic rings. The second kappa shape index (κ2) is 9.40. The van der Waals surface area contributed by atoms with E-state index >= 15 is 0 Å². The Labute approximate surface area is 166 Å². The van der Waals surface area contributed by atoms with Crippen molar-refractivity contribution in [3.8, 4) is 5.75 Å². The lowest BCUT2D eigenvalue weighted by Crippen LogP contribution is -2.28. The number of amides is 2. The average Bonchev–Trinajstić information content (AvgIpc) is 3.49. The minimum absolute atomic E-state index is 0.00883. The number of carbonyl (C=O) groups is 2. The normalized spacial score (nSPS) is 17.8. The fourth-order valence-corrected chi connectivity index (χ4v) is 3.00. The van der Waals surface area contributed by atoms with Gasteiger partial charge in [-0.15, -0.1) is 0 Å². The summed E-state index contributed by atoms with van der Waals surface area (Å²) in [5, 5.41) is 5.81. The summed E-state index contributed by atoms with van der Waals surface area (Å²) in [4.78, 5) is 24.4. The van der Waals surface area contributed by atoms with Gasteiger partial charge in [0.1, 0.15) is 12.4 Å². The van der Waals surface area contributed by atoms with Crippen LogP contribution in [-0.2, 0) is 16.2 Å². The molecule has 148 valence electrons. The number of hydrogen-bond donors (Lipinski definition) is 2. The van der Waals surface area contributed by atoms with Crippen molar-refractivity contribution in [1.29, 1.82) is 0 Å². The molecular weight excluding hydrogens is 352 g/mol. The van der Waals surface area contributed by atoms with Crippen molar-refractivity contribution >= 4 is 17.5 Å². The monoisotopic (exact) mass is 380 g/mol. The SMILES string of the molecule is CC(C)CCNC(=O)C1CC1C(=O)Nc1ccc(OCc2ccccc2)cc1. The van der Waals surface area contributed by atoms with E-state index < -0.39 is 0 Å². The maximum Gasteiger partial charge on any atom is 0.228 e. The molecule has 2 aromatic carbocycles. The second-order valence-electron chi connectivity index (χ2n) is 7.71. The van der Waals surface area contributed by atoms with Gasteiger partial charge in [-0.2, -0.15) is 0 Å². The Hall–Kier alpha value is -2.82. The Morgan fingerprint density at radius 1 is 1.00 bits per heavy atom. The van der Waals surface area contributed by atoms with Crippen molar-refractivity contribution in [3.63, 3.8) is 0 Å². The Morgan fingerprint density at radius 3 is 2.36 bits per heavy atom. The van der Waals surface area contributed by atoms with Crippen LogP contribution in [0.3, 0.4) is 0 Å². The third-order valence-corrected chi connectivity index (χ3v) is 4.86. The summed E-state index contributed by atoms with van der Waals surface area (Å²) in [7, 11) is 0. The van der Waals surface area contributed by atoms with Gasteiger partial charge in [0.2, 0.25) is 11.8 Å². The number of benzene rings is 2. The molecule has 2 N–H and O–H groups in total. The Morgan fingerprint density at radius 2 is 1.68 bits per heavy atom. The van der Waals surface area contributed by atoms with Crippen molar-refractivity contribution in [1.82, 2.24) is 5.32 Å². The van der Waals surface area contributed by atoms with Gasteiger partial charge in [-0.3, -0.25) is 9.59 Å². The van der Waals surface area contributed by atoms with Crippen molar-refractivity contribution in [3.05, 3.63) is 60.2 Å². The number of anilines is 1. The van der Waals surface area contributed by atoms with Crippen LogP contribution in [0.2, 0.25) is 0 Å². The highest BCUT2D eigenvalue weighted by atomic mass is 16.5. The molecule has 0 saturated heterocycles. The molecule has 1 saturated carbocycles. The lowest BCUT2D eigenvalue weighted by Gasteiger charge is -2.09. The predicted molar refractivity (Wildman–Crippen MR) is 110 cm³/mol. The minimum atomic E-state index is -0.229. The van der Waals surface area contributed by atoms with Crippen LogP contribution in [0.1, 0.15) is 32.3 Å². The summed E-state index contributed by atoms with van der Waals surface area (Å²) in [5.41, 5.74) is 1.81. The first-order valence-corrected chi connectivity index (χ1v) is 9.88. The van der Waals surface area contributed by atoms with Crippen LogP contribution in [0.25, 0.3) is 0 Å². The fourth-order valence-electron chi connectivity index (χ4n) is 3.00. The van der Waals surface area contributed by atoms with Gasteiger partial charge < -0.3 is 15.4 Å². The first-order valence-electron chi connectivity index (χ1n) is 9.88. The summed E-state index contributed by atoms with van der Waals surface area (Å²) in [5.74, 6) is 0.773. The number of nitrogens with one attached hydrogen (secondary N) is 2. The number of rotatable bonds is 9. The van der Waals surface area contributed by atoms with Crippen molar-refractivity contribution in [2.45, 2.75) is 33.3 Å². The molecule has 1 aliphatic carbocycles. The molecule has 2 amide bonds. The molecule has 2 unspecified atom stereocenters. The highest BCUT2D eigenvalue weighted by Crippen LogP contribution is 2.39. The quantitative estimate of drug-likeness (QED) is 0.691. The van der Waals surface area contributed by atoms with Crippen molar-refractivity contribution in [2.75, 3.05) is 11.9 Å². The molecule has 1 fully saturated rings. The fraction of sp³-hybridized carbons (Fsp3) is 0.391. The van der Waals surface area contributed by atoms with Crippen LogP contribution < -0.4 is 15.4 Å². The molecule has 0 aliphatic heterocycles. The van der Waals surface area contributed by atoms with Crippen LogP contribution in [-0.4, -0.2) is 18.4 Å². The van der Waals surface area contributed by atoms with E-state index in [2.05, 4.69) is 24.5 Å². The van der Waals surface area contributed by atoms with E-state index in [9.17, 15) is 9.59 Å². The molecular formula is C23H28N2O3. The number of carbonyl (C=O) groups excluding carboxylic acids is 2. The maximum absolute atomic E-state index is 12.3. The summed E-state index contributed by atoms with van der Waals surface area (Å²) in [6, 6.07) is 17.3. The zero-order valence-electron chi connectivity index (χ0n) is 16.5. The Bertz CT molecular complexity index is 787. The van der Waals surface area contributed by atoms with E-state index in [4.69, 9.17) is 4.74 Å². The molecule has 0 spiro atoms. The Kier molecular flexibility index (Phi) is 6.69. The summed E-state index contributed by atoms with van der Waals surface area (Å²) in [6.07, 6.45) is 1.58. The standard InChI is InChI=1S/C23H28N2O3/c1-16(2)12-13-24-22(26)20-14-21(20)23(27)25-18-8-10-19(11-9-18)28-15-17-6-4-3-5-7-17/h3-11,16,20-21H,12-15H2,1-2H3,(H,24,26)(H,25,27). The number of hydrogen-bond acceptors (Lipinski definition) is 3. The molecule has 3 rings (SSSR count). The van der Waals surface area contributed by atoms with E-state index in [1.54, 1.807) is 0 Å². The summed E-state index contributed by atoms with van der Waals surface area (Å²) >= 11 is 0. The van der Waals surface area contributed by atoms with Gasteiger partial charge in [-0.1, -0.05) is 44.2 Å². The van der Waals surface area contributed by atoms with Crippen LogP contribution >= 0.6 is 0 Å². The number of ether oxygens (including phenoxy) is 1. The summed E-state index contributed by atoms with van der Waals surface area (Å²) in [6.45, 7) is 5.42. The van der Waals surface area contributed by atoms with Gasteiger partial charge in [0.15, 0.2) is 0 Å². The molecule has 5 heteroatoms. The Balaban J connectivity index is 1.42. The van der Waals surface area contributed by atoms with Crippen LogP contribution in [0.5, 0.6) is 5.75 Å². The van der Waals surface area contributed by atoms with Crippen LogP contribution in [0, 0.1) is 17.8 Å². The molecule has 0 bridgehead atoms. The first-order chi connectivity index (χ1) is 13.5. The zero-order chi connectivity index (χ0) is 19.9. The first kappa shape index (κ1) is 19.9. The topological polar surface area (TPSA) is 67.4 Å². The van der Waals surface area contributed by atoms with Gasteiger partial charge in [0.05, 0.1) is 11.8 Å². The highest BCUT2D eigenvalue weighted by Gasteiger charge is 2.47. The molecule has 0 radical (unpaired) electrons. The van der Waals surface area contributed by atoms with Crippen molar-refractivity contribution in [2.24, 2.45) is 17.8 Å². The lowest BCUT2D eigenvalue weighted by atomic mass is 10.1. The smallest absolute Gasteiger partial charge is 0.228 e. The van der Waals surface area contributed by atoms with E-state index in [1.165, 1.54) is 0 Å². The molecule has 2 aromatic rings. The maximum atomic E-state index is 12.3. The lowest BCUT2D eigenvalue weighted by molar-refractivity contribution is -0.125. The largest absolute Gasteiger partial charge is 0.489 e. The summed E-state index contributed by atoms with van der Waals surface area (Å²) < 4.78 is 5.75. The second-order valence-corrected chi connectivity index (χ2v) is 7.71. The van der Waals surface area contributed by atoms with Gasteiger partial charge >= 0.3 is 0 Å². The third-order valence-electron chi connectivity index (χ3n) is 4.86. The molecule has 2 atom stereocenters. The van der Waals surface area contributed by atoms with E-state index in [1.807, 2.05) is 54.6 Å². The van der Waals surface area contributed by atoms with Gasteiger partial charge in [-0.05, 0) is 48.6 Å².